The van der Waals surface area contributed by atoms with Gasteiger partial charge in [-0.2, -0.15) is 0 Å². The van der Waals surface area contributed by atoms with Crippen LogP contribution in [0.25, 0.3) is 0 Å². The third-order valence-electron chi connectivity index (χ3n) is 3.38. The van der Waals surface area contributed by atoms with Crippen molar-refractivity contribution in [3.63, 3.8) is 0 Å². The summed E-state index contributed by atoms with van der Waals surface area (Å²) in [5.74, 6) is 0. The first-order valence-corrected chi connectivity index (χ1v) is 5.88. The van der Waals surface area contributed by atoms with Crippen LogP contribution in [0.2, 0.25) is 0 Å². The topological polar surface area (TPSA) is 24.9 Å². The maximum absolute atomic E-state index is 4.30. The molecule has 82 valence electrons. The Kier molecular flexibility index (Phi) is 3.06. The Bertz CT molecular complexity index is 325. The summed E-state index contributed by atoms with van der Waals surface area (Å²) in [5, 5.41) is 3.66. The van der Waals surface area contributed by atoms with E-state index in [0.717, 1.165) is 6.54 Å². The summed E-state index contributed by atoms with van der Waals surface area (Å²) in [6, 6.07) is 2.26. The second-order valence-corrected chi connectivity index (χ2v) is 4.82. The highest BCUT2D eigenvalue weighted by Crippen LogP contribution is 2.29. The van der Waals surface area contributed by atoms with Gasteiger partial charge in [0.2, 0.25) is 0 Å². The molecule has 0 saturated carbocycles. The van der Waals surface area contributed by atoms with Crippen LogP contribution in [0.3, 0.4) is 0 Å². The number of pyridine rings is 1. The van der Waals surface area contributed by atoms with Gasteiger partial charge in [-0.15, -0.1) is 0 Å². The van der Waals surface area contributed by atoms with E-state index >= 15 is 0 Å². The average Bonchev–Trinajstić information content (AvgIpc) is 2.44. The Labute approximate surface area is 92.1 Å². The first-order valence-electron chi connectivity index (χ1n) is 5.88. The number of hydrogen-bond acceptors (Lipinski definition) is 2. The monoisotopic (exact) mass is 204 g/mol. The minimum atomic E-state index is 0.134. The van der Waals surface area contributed by atoms with Crippen molar-refractivity contribution in [2.45, 2.75) is 45.1 Å². The van der Waals surface area contributed by atoms with Gasteiger partial charge in [0.25, 0.3) is 0 Å². The van der Waals surface area contributed by atoms with E-state index in [9.17, 15) is 0 Å². The van der Waals surface area contributed by atoms with Crippen molar-refractivity contribution in [3.05, 3.63) is 29.6 Å². The summed E-state index contributed by atoms with van der Waals surface area (Å²) in [6.45, 7) is 5.54. The number of aryl methyl sites for hydroxylation is 1. The fourth-order valence-electron chi connectivity index (χ4n) is 2.34. The van der Waals surface area contributed by atoms with Crippen LogP contribution in [0.1, 0.15) is 43.7 Å². The molecule has 1 aromatic rings. The molecule has 1 N–H and O–H groups in total. The van der Waals surface area contributed by atoms with Gasteiger partial charge in [-0.1, -0.05) is 18.9 Å². The third-order valence-corrected chi connectivity index (χ3v) is 3.38. The SMILES string of the molecule is Cc1cncc(C2(C)CCCCCN2)c1. The van der Waals surface area contributed by atoms with Crippen LogP contribution in [-0.2, 0) is 5.54 Å². The number of nitrogens with one attached hydrogen (secondary N) is 1. The molecule has 0 bridgehead atoms. The lowest BCUT2D eigenvalue weighted by Crippen LogP contribution is -2.38. The molecule has 2 heterocycles. The maximum atomic E-state index is 4.30. The second kappa shape index (κ2) is 4.31. The molecule has 1 fully saturated rings. The molecule has 0 aromatic carbocycles. The Morgan fingerprint density at radius 1 is 1.27 bits per heavy atom. The summed E-state index contributed by atoms with van der Waals surface area (Å²) < 4.78 is 0. The van der Waals surface area contributed by atoms with Gasteiger partial charge < -0.3 is 5.32 Å². The van der Waals surface area contributed by atoms with Crippen LogP contribution in [0.5, 0.6) is 0 Å². The molecule has 1 aliphatic rings. The average molecular weight is 204 g/mol. The van der Waals surface area contributed by atoms with E-state index in [4.69, 9.17) is 0 Å². The van der Waals surface area contributed by atoms with Gasteiger partial charge in [-0.05, 0) is 44.4 Å². The van der Waals surface area contributed by atoms with Crippen molar-refractivity contribution in [1.29, 1.82) is 0 Å². The van der Waals surface area contributed by atoms with Crippen molar-refractivity contribution in [3.8, 4) is 0 Å². The Hall–Kier alpha value is -0.890. The summed E-state index contributed by atoms with van der Waals surface area (Å²) in [4.78, 5) is 4.30. The zero-order valence-electron chi connectivity index (χ0n) is 9.71. The molecule has 1 saturated heterocycles. The van der Waals surface area contributed by atoms with E-state index < -0.39 is 0 Å². The van der Waals surface area contributed by atoms with Crippen molar-refractivity contribution >= 4 is 0 Å². The molecule has 1 aliphatic heterocycles. The van der Waals surface area contributed by atoms with E-state index in [0.29, 0.717) is 0 Å². The van der Waals surface area contributed by atoms with E-state index in [1.165, 1.54) is 36.8 Å². The fourth-order valence-corrected chi connectivity index (χ4v) is 2.34. The van der Waals surface area contributed by atoms with Crippen LogP contribution in [0, 0.1) is 6.92 Å². The normalized spacial score (nSPS) is 27.3. The minimum absolute atomic E-state index is 0.134. The van der Waals surface area contributed by atoms with Crippen molar-refractivity contribution in [2.75, 3.05) is 6.54 Å². The highest BCUT2D eigenvalue weighted by Gasteiger charge is 2.27. The van der Waals surface area contributed by atoms with Crippen LogP contribution in [-0.4, -0.2) is 11.5 Å². The fraction of sp³-hybridized carbons (Fsp3) is 0.615. The molecule has 2 heteroatoms. The lowest BCUT2D eigenvalue weighted by molar-refractivity contribution is 0.358. The molecule has 2 nitrogen and oxygen atoms in total. The molecule has 0 spiro atoms. The zero-order chi connectivity index (χ0) is 10.7. The number of nitrogens with zero attached hydrogens (tertiary/aromatic N) is 1. The van der Waals surface area contributed by atoms with Crippen LogP contribution >= 0.6 is 0 Å². The maximum Gasteiger partial charge on any atom is 0.0421 e. The molecule has 2 rings (SSSR count). The minimum Gasteiger partial charge on any atom is -0.308 e. The predicted octanol–water partition coefficient (Wildman–Crippen LogP) is 2.77. The molecular weight excluding hydrogens is 184 g/mol. The van der Waals surface area contributed by atoms with E-state index in [-0.39, 0.29) is 5.54 Å². The molecule has 1 aromatic heterocycles. The highest BCUT2D eigenvalue weighted by molar-refractivity contribution is 5.24. The Morgan fingerprint density at radius 2 is 2.13 bits per heavy atom. The quantitative estimate of drug-likeness (QED) is 0.761. The van der Waals surface area contributed by atoms with Gasteiger partial charge in [0.05, 0.1) is 0 Å². The summed E-state index contributed by atoms with van der Waals surface area (Å²) in [5.41, 5.74) is 2.72. The standard InChI is InChI=1S/C13H20N2/c1-11-8-12(10-14-9-11)13(2)6-4-3-5-7-15-13/h8-10,15H,3-7H2,1-2H3. The molecule has 1 unspecified atom stereocenters. The molecule has 1 atom stereocenters. The summed E-state index contributed by atoms with van der Waals surface area (Å²) in [6.07, 6.45) is 9.11. The zero-order valence-corrected chi connectivity index (χ0v) is 9.71. The van der Waals surface area contributed by atoms with Crippen molar-refractivity contribution in [1.82, 2.24) is 10.3 Å². The van der Waals surface area contributed by atoms with Gasteiger partial charge in [0, 0.05) is 17.9 Å². The molecule has 0 amide bonds. The number of rotatable bonds is 1. The van der Waals surface area contributed by atoms with Crippen LogP contribution in [0.4, 0.5) is 0 Å². The lowest BCUT2D eigenvalue weighted by atomic mass is 9.88. The van der Waals surface area contributed by atoms with Gasteiger partial charge >= 0.3 is 0 Å². The number of hydrogen-bond donors (Lipinski definition) is 1. The Balaban J connectivity index is 2.26. The summed E-state index contributed by atoms with van der Waals surface area (Å²) >= 11 is 0. The highest BCUT2D eigenvalue weighted by atomic mass is 15.0. The Morgan fingerprint density at radius 3 is 2.93 bits per heavy atom. The molecule has 0 radical (unpaired) electrons. The molecule has 15 heavy (non-hydrogen) atoms. The van der Waals surface area contributed by atoms with E-state index in [2.05, 4.69) is 30.2 Å². The third kappa shape index (κ3) is 2.37. The first kappa shape index (κ1) is 10.6. The predicted molar refractivity (Wildman–Crippen MR) is 62.8 cm³/mol. The van der Waals surface area contributed by atoms with Crippen molar-refractivity contribution < 1.29 is 0 Å². The largest absolute Gasteiger partial charge is 0.308 e. The second-order valence-electron chi connectivity index (χ2n) is 4.82. The van der Waals surface area contributed by atoms with Crippen LogP contribution < -0.4 is 5.32 Å². The van der Waals surface area contributed by atoms with E-state index in [1.54, 1.807) is 0 Å². The van der Waals surface area contributed by atoms with Gasteiger partial charge in [0.15, 0.2) is 0 Å². The molecular formula is C13H20N2. The number of aromatic nitrogens is 1. The first-order chi connectivity index (χ1) is 7.21. The van der Waals surface area contributed by atoms with Gasteiger partial charge in [-0.25, -0.2) is 0 Å². The molecule has 0 aliphatic carbocycles. The van der Waals surface area contributed by atoms with E-state index in [1.807, 2.05) is 12.4 Å². The van der Waals surface area contributed by atoms with Gasteiger partial charge in [0.1, 0.15) is 0 Å². The lowest BCUT2D eigenvalue weighted by Gasteiger charge is -2.29. The smallest absolute Gasteiger partial charge is 0.0421 e. The van der Waals surface area contributed by atoms with Crippen LogP contribution in [0.15, 0.2) is 18.5 Å². The van der Waals surface area contributed by atoms with Crippen molar-refractivity contribution in [2.24, 2.45) is 0 Å². The summed E-state index contributed by atoms with van der Waals surface area (Å²) in [7, 11) is 0. The van der Waals surface area contributed by atoms with Gasteiger partial charge in [-0.3, -0.25) is 4.98 Å².